The van der Waals surface area contributed by atoms with Gasteiger partial charge in [-0.25, -0.2) is 4.79 Å². The molecule has 3 N–H and O–H groups in total. The van der Waals surface area contributed by atoms with Crippen LogP contribution in [0.15, 0.2) is 12.1 Å². The van der Waals surface area contributed by atoms with Crippen LogP contribution in [0.2, 0.25) is 5.02 Å². The minimum atomic E-state index is -0.685. The van der Waals surface area contributed by atoms with Crippen LogP contribution in [-0.2, 0) is 9.53 Å². The van der Waals surface area contributed by atoms with E-state index in [-0.39, 0.29) is 34.9 Å². The zero-order valence-electron chi connectivity index (χ0n) is 10.9. The fourth-order valence-electron chi connectivity index (χ4n) is 1.60. The van der Waals surface area contributed by atoms with Crippen molar-refractivity contribution in [3.05, 3.63) is 22.7 Å². The Morgan fingerprint density at radius 2 is 2.15 bits per heavy atom. The van der Waals surface area contributed by atoms with Crippen molar-refractivity contribution in [2.24, 2.45) is 0 Å². The van der Waals surface area contributed by atoms with Gasteiger partial charge in [0.1, 0.15) is 11.3 Å². The molecule has 0 unspecified atom stereocenters. The van der Waals surface area contributed by atoms with Gasteiger partial charge < -0.3 is 20.5 Å². The highest BCUT2D eigenvalue weighted by atomic mass is 35.5. The minimum Gasteiger partial charge on any atom is -0.496 e. The Kier molecular flexibility index (Phi) is 4.34. The molecule has 0 bridgehead atoms. The van der Waals surface area contributed by atoms with Gasteiger partial charge in [-0.3, -0.25) is 4.79 Å². The molecule has 0 radical (unpaired) electrons. The van der Waals surface area contributed by atoms with Crippen LogP contribution in [0.3, 0.4) is 0 Å². The van der Waals surface area contributed by atoms with E-state index in [2.05, 4.69) is 5.32 Å². The molecule has 0 heterocycles. The topological polar surface area (TPSA) is 90.7 Å². The van der Waals surface area contributed by atoms with E-state index >= 15 is 0 Å². The van der Waals surface area contributed by atoms with Crippen LogP contribution in [0.25, 0.3) is 0 Å². The summed E-state index contributed by atoms with van der Waals surface area (Å²) in [4.78, 5) is 23.4. The second-order valence-corrected chi connectivity index (χ2v) is 4.90. The van der Waals surface area contributed by atoms with Crippen molar-refractivity contribution >= 4 is 29.2 Å². The molecule has 0 saturated heterocycles. The summed E-state index contributed by atoms with van der Waals surface area (Å²) in [7, 11) is 1.40. The number of nitrogen functional groups attached to an aromatic ring is 1. The van der Waals surface area contributed by atoms with Crippen molar-refractivity contribution in [1.82, 2.24) is 5.32 Å². The maximum absolute atomic E-state index is 11.9. The predicted molar refractivity (Wildman–Crippen MR) is 73.9 cm³/mol. The van der Waals surface area contributed by atoms with Gasteiger partial charge in [-0.1, -0.05) is 11.6 Å². The monoisotopic (exact) mass is 298 g/mol. The lowest BCUT2D eigenvalue weighted by Crippen LogP contribution is -2.30. The second kappa shape index (κ2) is 6.00. The molecule has 0 aliphatic heterocycles. The molecule has 1 saturated carbocycles. The number of rotatable bonds is 5. The zero-order valence-corrected chi connectivity index (χ0v) is 11.7. The van der Waals surface area contributed by atoms with Crippen LogP contribution < -0.4 is 15.8 Å². The summed E-state index contributed by atoms with van der Waals surface area (Å²) in [6.07, 6.45) is 1.95. The molecule has 0 atom stereocenters. The van der Waals surface area contributed by atoms with Crippen LogP contribution >= 0.6 is 11.6 Å². The first-order valence-corrected chi connectivity index (χ1v) is 6.48. The molecule has 2 rings (SSSR count). The highest BCUT2D eigenvalue weighted by Gasteiger charge is 2.24. The molecule has 108 valence electrons. The van der Waals surface area contributed by atoms with Crippen LogP contribution in [0.4, 0.5) is 5.69 Å². The van der Waals surface area contributed by atoms with Gasteiger partial charge in [-0.05, 0) is 18.9 Å². The van der Waals surface area contributed by atoms with E-state index < -0.39 is 5.97 Å². The summed E-state index contributed by atoms with van der Waals surface area (Å²) in [5.74, 6) is -0.754. The van der Waals surface area contributed by atoms with Crippen molar-refractivity contribution < 1.29 is 19.1 Å². The highest BCUT2D eigenvalue weighted by molar-refractivity contribution is 6.33. The predicted octanol–water partition coefficient (Wildman–Crippen LogP) is 1.37. The van der Waals surface area contributed by atoms with E-state index in [1.807, 2.05) is 0 Å². The van der Waals surface area contributed by atoms with E-state index in [0.29, 0.717) is 5.69 Å². The first-order valence-electron chi connectivity index (χ1n) is 6.10. The Balaban J connectivity index is 2.00. The Morgan fingerprint density at radius 3 is 2.75 bits per heavy atom. The summed E-state index contributed by atoms with van der Waals surface area (Å²) in [5, 5.41) is 2.94. The maximum Gasteiger partial charge on any atom is 0.342 e. The average molecular weight is 299 g/mol. The number of hydrogen-bond donors (Lipinski definition) is 2. The Labute approximate surface area is 121 Å². The Bertz CT molecular complexity index is 543. The SMILES string of the molecule is COc1cc(N)c(Cl)cc1C(=O)OCC(=O)NC1CC1. The fraction of sp³-hybridized carbons (Fsp3) is 0.385. The molecule has 7 heteroatoms. The highest BCUT2D eigenvalue weighted by Crippen LogP contribution is 2.29. The first-order chi connectivity index (χ1) is 9.51. The minimum absolute atomic E-state index is 0.130. The van der Waals surface area contributed by atoms with Gasteiger partial charge in [0, 0.05) is 12.1 Å². The molecular weight excluding hydrogens is 284 g/mol. The van der Waals surface area contributed by atoms with Gasteiger partial charge in [0.2, 0.25) is 0 Å². The first kappa shape index (κ1) is 14.5. The number of ether oxygens (including phenoxy) is 2. The van der Waals surface area contributed by atoms with Crippen molar-refractivity contribution in [2.75, 3.05) is 19.5 Å². The molecule has 1 aromatic carbocycles. The Hall–Kier alpha value is -1.95. The smallest absolute Gasteiger partial charge is 0.342 e. The molecule has 1 amide bonds. The molecule has 1 aliphatic rings. The van der Waals surface area contributed by atoms with Crippen molar-refractivity contribution in [3.8, 4) is 5.75 Å². The summed E-state index contributed by atoms with van der Waals surface area (Å²) < 4.78 is 9.97. The van der Waals surface area contributed by atoms with Gasteiger partial charge >= 0.3 is 5.97 Å². The molecule has 1 aromatic rings. The van der Waals surface area contributed by atoms with Crippen LogP contribution in [0.1, 0.15) is 23.2 Å². The molecule has 20 heavy (non-hydrogen) atoms. The largest absolute Gasteiger partial charge is 0.496 e. The molecular formula is C13H15ClN2O4. The van der Waals surface area contributed by atoms with Gasteiger partial charge in [0.25, 0.3) is 5.91 Å². The molecule has 6 nitrogen and oxygen atoms in total. The maximum atomic E-state index is 11.9. The van der Waals surface area contributed by atoms with Crippen LogP contribution in [-0.4, -0.2) is 31.6 Å². The van der Waals surface area contributed by atoms with E-state index in [9.17, 15) is 9.59 Å². The number of amides is 1. The third-order valence-corrected chi connectivity index (χ3v) is 3.14. The number of benzene rings is 1. The number of halogens is 1. The summed E-state index contributed by atoms with van der Waals surface area (Å²) in [6.45, 7) is -0.333. The third kappa shape index (κ3) is 3.54. The van der Waals surface area contributed by atoms with Gasteiger partial charge in [-0.15, -0.1) is 0 Å². The van der Waals surface area contributed by atoms with E-state index in [1.165, 1.54) is 19.2 Å². The molecule has 1 fully saturated rings. The third-order valence-electron chi connectivity index (χ3n) is 2.82. The van der Waals surface area contributed by atoms with E-state index in [1.54, 1.807) is 0 Å². The average Bonchev–Trinajstić information content (AvgIpc) is 3.22. The molecule has 1 aliphatic carbocycles. The normalized spacial score (nSPS) is 13.7. The quantitative estimate of drug-likeness (QED) is 0.633. The van der Waals surface area contributed by atoms with Crippen molar-refractivity contribution in [2.45, 2.75) is 18.9 Å². The summed E-state index contributed by atoms with van der Waals surface area (Å²) in [5.41, 5.74) is 6.05. The number of carbonyl (C=O) groups is 2. The van der Waals surface area contributed by atoms with Crippen LogP contribution in [0, 0.1) is 0 Å². The summed E-state index contributed by atoms with van der Waals surface area (Å²) >= 11 is 5.86. The van der Waals surface area contributed by atoms with Crippen LogP contribution in [0.5, 0.6) is 5.75 Å². The number of nitrogens with one attached hydrogen (secondary N) is 1. The number of hydrogen-bond acceptors (Lipinski definition) is 5. The van der Waals surface area contributed by atoms with Gasteiger partial charge in [0.05, 0.1) is 17.8 Å². The standard InChI is InChI=1S/C13H15ClN2O4/c1-19-11-5-10(15)9(14)4-8(11)13(18)20-6-12(17)16-7-2-3-7/h4-5,7H,2-3,6,15H2,1H3,(H,16,17). The number of nitrogens with two attached hydrogens (primary N) is 1. The van der Waals surface area contributed by atoms with E-state index in [0.717, 1.165) is 12.8 Å². The number of carbonyl (C=O) groups excluding carboxylic acids is 2. The lowest BCUT2D eigenvalue weighted by atomic mass is 10.2. The lowest BCUT2D eigenvalue weighted by molar-refractivity contribution is -0.124. The van der Waals surface area contributed by atoms with Gasteiger partial charge in [0.15, 0.2) is 6.61 Å². The molecule has 0 aromatic heterocycles. The Morgan fingerprint density at radius 1 is 1.45 bits per heavy atom. The number of anilines is 1. The zero-order chi connectivity index (χ0) is 14.7. The second-order valence-electron chi connectivity index (χ2n) is 4.49. The molecule has 0 spiro atoms. The summed E-state index contributed by atoms with van der Waals surface area (Å²) in [6, 6.07) is 3.02. The van der Waals surface area contributed by atoms with E-state index in [4.69, 9.17) is 26.8 Å². The number of methoxy groups -OCH3 is 1. The number of esters is 1. The van der Waals surface area contributed by atoms with Crippen molar-refractivity contribution in [3.63, 3.8) is 0 Å². The van der Waals surface area contributed by atoms with Crippen molar-refractivity contribution in [1.29, 1.82) is 0 Å². The fourth-order valence-corrected chi connectivity index (χ4v) is 1.77. The van der Waals surface area contributed by atoms with Gasteiger partial charge in [-0.2, -0.15) is 0 Å². The lowest BCUT2D eigenvalue weighted by Gasteiger charge is -2.10.